The Bertz CT molecular complexity index is 551. The van der Waals surface area contributed by atoms with Gasteiger partial charge in [-0.3, -0.25) is 4.98 Å². The van der Waals surface area contributed by atoms with Gasteiger partial charge in [0.05, 0.1) is 5.52 Å². The van der Waals surface area contributed by atoms with Crippen LogP contribution in [0.25, 0.3) is 10.9 Å². The second kappa shape index (κ2) is 3.77. The Hall–Kier alpha value is -1.48. The maximum absolute atomic E-state index is 14.8. The first kappa shape index (κ1) is 10.7. The molecule has 1 aliphatic carbocycles. The van der Waals surface area contributed by atoms with Gasteiger partial charge >= 0.3 is 0 Å². The van der Waals surface area contributed by atoms with E-state index in [1.165, 1.54) is 0 Å². The number of hydrogen-bond donors (Lipinski definition) is 1. The number of pyridine rings is 1. The van der Waals surface area contributed by atoms with Gasteiger partial charge in [0, 0.05) is 18.1 Å². The first-order valence-electron chi connectivity index (χ1n) is 5.98. The molecule has 17 heavy (non-hydrogen) atoms. The van der Waals surface area contributed by atoms with Gasteiger partial charge < -0.3 is 5.73 Å². The lowest BCUT2D eigenvalue weighted by Crippen LogP contribution is -2.32. The molecule has 0 saturated heterocycles. The first-order chi connectivity index (χ1) is 8.24. The SMILES string of the molecule is NCC(F)(c1ccc2cccnc2c1)C1CC1. The van der Waals surface area contributed by atoms with Crippen LogP contribution in [-0.4, -0.2) is 11.5 Å². The van der Waals surface area contributed by atoms with Crippen LogP contribution in [0, 0.1) is 5.92 Å². The zero-order valence-corrected chi connectivity index (χ0v) is 9.57. The lowest BCUT2D eigenvalue weighted by atomic mass is 9.90. The van der Waals surface area contributed by atoms with E-state index in [0.29, 0.717) is 5.56 Å². The molecule has 2 aromatic rings. The Morgan fingerprint density at radius 3 is 2.88 bits per heavy atom. The van der Waals surface area contributed by atoms with Gasteiger partial charge in [0.2, 0.25) is 0 Å². The monoisotopic (exact) mass is 230 g/mol. The van der Waals surface area contributed by atoms with Crippen molar-refractivity contribution in [3.8, 4) is 0 Å². The molecule has 0 amide bonds. The molecule has 0 radical (unpaired) electrons. The first-order valence-corrected chi connectivity index (χ1v) is 5.98. The van der Waals surface area contributed by atoms with Crippen LogP contribution in [0.5, 0.6) is 0 Å². The summed E-state index contributed by atoms with van der Waals surface area (Å²) in [4.78, 5) is 4.26. The molecule has 1 heterocycles. The highest BCUT2D eigenvalue weighted by molar-refractivity contribution is 5.79. The second-order valence-corrected chi connectivity index (χ2v) is 4.75. The maximum atomic E-state index is 14.8. The number of aromatic nitrogens is 1. The van der Waals surface area contributed by atoms with E-state index < -0.39 is 5.67 Å². The third-order valence-corrected chi connectivity index (χ3v) is 3.61. The van der Waals surface area contributed by atoms with Crippen LogP contribution in [0.1, 0.15) is 18.4 Å². The number of halogens is 1. The maximum Gasteiger partial charge on any atom is 0.151 e. The molecule has 1 atom stereocenters. The van der Waals surface area contributed by atoms with E-state index in [-0.39, 0.29) is 12.5 Å². The molecule has 88 valence electrons. The predicted octanol–water partition coefficient (Wildman–Crippen LogP) is 2.77. The molecule has 1 aromatic heterocycles. The fourth-order valence-corrected chi connectivity index (χ4v) is 2.39. The van der Waals surface area contributed by atoms with Gasteiger partial charge in [0.1, 0.15) is 0 Å². The zero-order valence-electron chi connectivity index (χ0n) is 9.57. The Morgan fingerprint density at radius 1 is 1.35 bits per heavy atom. The highest BCUT2D eigenvalue weighted by Crippen LogP contribution is 2.48. The van der Waals surface area contributed by atoms with Gasteiger partial charge in [-0.2, -0.15) is 0 Å². The lowest BCUT2D eigenvalue weighted by Gasteiger charge is -2.24. The van der Waals surface area contributed by atoms with E-state index in [0.717, 1.165) is 23.7 Å². The summed E-state index contributed by atoms with van der Waals surface area (Å²) in [6.45, 7) is 0.0516. The van der Waals surface area contributed by atoms with Gasteiger partial charge in [-0.15, -0.1) is 0 Å². The largest absolute Gasteiger partial charge is 0.327 e. The number of nitrogens with zero attached hydrogens (tertiary/aromatic N) is 1. The standard InChI is InChI=1S/C14H15FN2/c15-14(9-16,11-5-6-11)12-4-3-10-2-1-7-17-13(10)8-12/h1-4,7-8,11H,5-6,9,16H2. The highest BCUT2D eigenvalue weighted by Gasteiger charge is 2.46. The average molecular weight is 230 g/mol. The van der Waals surface area contributed by atoms with Crippen LogP contribution >= 0.6 is 0 Å². The molecule has 1 unspecified atom stereocenters. The summed E-state index contributed by atoms with van der Waals surface area (Å²) in [5.74, 6) is 0.0914. The molecule has 0 spiro atoms. The van der Waals surface area contributed by atoms with Crippen LogP contribution in [0.15, 0.2) is 36.5 Å². The minimum Gasteiger partial charge on any atom is -0.327 e. The molecule has 3 rings (SSSR count). The van der Waals surface area contributed by atoms with Gasteiger partial charge in [0.15, 0.2) is 5.67 Å². The number of nitrogens with two attached hydrogens (primary N) is 1. The summed E-state index contributed by atoms with van der Waals surface area (Å²) < 4.78 is 14.8. The smallest absolute Gasteiger partial charge is 0.151 e. The van der Waals surface area contributed by atoms with Crippen molar-refractivity contribution in [2.45, 2.75) is 18.5 Å². The molecule has 2 nitrogen and oxygen atoms in total. The summed E-state index contributed by atoms with van der Waals surface area (Å²) in [7, 11) is 0. The van der Waals surface area contributed by atoms with E-state index in [1.807, 2.05) is 30.3 Å². The van der Waals surface area contributed by atoms with Crippen LogP contribution in [-0.2, 0) is 5.67 Å². The van der Waals surface area contributed by atoms with Crippen molar-refractivity contribution in [1.29, 1.82) is 0 Å². The fourth-order valence-electron chi connectivity index (χ4n) is 2.39. The number of benzene rings is 1. The van der Waals surface area contributed by atoms with Gasteiger partial charge in [-0.25, -0.2) is 4.39 Å². The third kappa shape index (κ3) is 1.71. The summed E-state index contributed by atoms with van der Waals surface area (Å²) in [6, 6.07) is 9.46. The number of hydrogen-bond acceptors (Lipinski definition) is 2. The van der Waals surface area contributed by atoms with E-state index in [4.69, 9.17) is 5.73 Å². The van der Waals surface area contributed by atoms with E-state index in [1.54, 1.807) is 6.20 Å². The minimum absolute atomic E-state index is 0.0516. The molecule has 1 aromatic carbocycles. The van der Waals surface area contributed by atoms with Crippen molar-refractivity contribution in [2.24, 2.45) is 11.7 Å². The van der Waals surface area contributed by atoms with Gasteiger partial charge in [-0.05, 0) is 36.5 Å². The van der Waals surface area contributed by atoms with Crippen molar-refractivity contribution >= 4 is 10.9 Å². The van der Waals surface area contributed by atoms with Crippen molar-refractivity contribution in [2.75, 3.05) is 6.54 Å². The van der Waals surface area contributed by atoms with Crippen molar-refractivity contribution in [3.05, 3.63) is 42.1 Å². The van der Waals surface area contributed by atoms with E-state index >= 15 is 0 Å². The number of fused-ring (bicyclic) bond motifs is 1. The Balaban J connectivity index is 2.10. The van der Waals surface area contributed by atoms with Crippen molar-refractivity contribution in [1.82, 2.24) is 4.98 Å². The topological polar surface area (TPSA) is 38.9 Å². The third-order valence-electron chi connectivity index (χ3n) is 3.61. The average Bonchev–Trinajstić information content (AvgIpc) is 3.22. The van der Waals surface area contributed by atoms with Gasteiger partial charge in [0.25, 0.3) is 0 Å². The number of alkyl halides is 1. The molecule has 1 fully saturated rings. The quantitative estimate of drug-likeness (QED) is 0.880. The number of rotatable bonds is 3. The minimum atomic E-state index is -1.37. The predicted molar refractivity (Wildman–Crippen MR) is 66.3 cm³/mol. The molecule has 1 saturated carbocycles. The molecule has 0 aliphatic heterocycles. The van der Waals surface area contributed by atoms with E-state index in [2.05, 4.69) is 4.98 Å². The summed E-state index contributed by atoms with van der Waals surface area (Å²) in [5, 5.41) is 1.03. The van der Waals surface area contributed by atoms with Crippen LogP contribution in [0.4, 0.5) is 4.39 Å². The molecule has 2 N–H and O–H groups in total. The molecular weight excluding hydrogens is 215 g/mol. The second-order valence-electron chi connectivity index (χ2n) is 4.75. The van der Waals surface area contributed by atoms with Crippen molar-refractivity contribution < 1.29 is 4.39 Å². The summed E-state index contributed by atoms with van der Waals surface area (Å²) >= 11 is 0. The Labute approximate surface area is 99.7 Å². The highest BCUT2D eigenvalue weighted by atomic mass is 19.1. The van der Waals surface area contributed by atoms with Crippen LogP contribution in [0.3, 0.4) is 0 Å². The summed E-state index contributed by atoms with van der Waals surface area (Å²) in [6.07, 6.45) is 3.60. The molecular formula is C14H15FN2. The zero-order chi connectivity index (χ0) is 11.9. The Morgan fingerprint density at radius 2 is 2.18 bits per heavy atom. The van der Waals surface area contributed by atoms with E-state index in [9.17, 15) is 4.39 Å². The normalized spacial score (nSPS) is 19.2. The summed E-state index contributed by atoms with van der Waals surface area (Å²) in [5.41, 5.74) is 5.77. The molecule has 3 heteroatoms. The van der Waals surface area contributed by atoms with Gasteiger partial charge in [-0.1, -0.05) is 18.2 Å². The molecule has 1 aliphatic rings. The van der Waals surface area contributed by atoms with Crippen LogP contribution in [0.2, 0.25) is 0 Å². The lowest BCUT2D eigenvalue weighted by molar-refractivity contribution is 0.143. The molecule has 0 bridgehead atoms. The fraction of sp³-hybridized carbons (Fsp3) is 0.357. The Kier molecular flexibility index (Phi) is 2.37. The van der Waals surface area contributed by atoms with Crippen molar-refractivity contribution in [3.63, 3.8) is 0 Å². The van der Waals surface area contributed by atoms with Crippen LogP contribution < -0.4 is 5.73 Å².